The molecule has 2 nitrogen and oxygen atoms in total. The van der Waals surface area contributed by atoms with Crippen LogP contribution in [0.2, 0.25) is 0 Å². The molecule has 0 spiro atoms. The zero-order valence-electron chi connectivity index (χ0n) is 8.89. The Labute approximate surface area is 88.3 Å². The lowest BCUT2D eigenvalue weighted by molar-refractivity contribution is 0.0612. The molecule has 0 bridgehead atoms. The molecule has 0 heterocycles. The molecule has 0 fully saturated rings. The summed E-state index contributed by atoms with van der Waals surface area (Å²) in [6.07, 6.45) is -0.374. The van der Waals surface area contributed by atoms with Gasteiger partial charge in [0.15, 0.2) is 0 Å². The molecule has 1 aromatic rings. The van der Waals surface area contributed by atoms with Crippen LogP contribution in [0.4, 0.5) is 8.78 Å². The van der Waals surface area contributed by atoms with Crippen molar-refractivity contribution in [3.63, 3.8) is 0 Å². The van der Waals surface area contributed by atoms with E-state index in [0.717, 1.165) is 6.07 Å². The van der Waals surface area contributed by atoms with Gasteiger partial charge in [0, 0.05) is 24.8 Å². The van der Waals surface area contributed by atoms with Crippen LogP contribution in [0, 0.1) is 11.6 Å². The van der Waals surface area contributed by atoms with E-state index < -0.39 is 11.6 Å². The van der Waals surface area contributed by atoms with Gasteiger partial charge in [-0.15, -0.1) is 0 Å². The maximum Gasteiger partial charge on any atom is 0.131 e. The van der Waals surface area contributed by atoms with E-state index >= 15 is 0 Å². The molecular formula is C11H15F2NO. The smallest absolute Gasteiger partial charge is 0.131 e. The van der Waals surface area contributed by atoms with Gasteiger partial charge in [0.1, 0.15) is 11.6 Å². The van der Waals surface area contributed by atoms with Gasteiger partial charge in [-0.2, -0.15) is 0 Å². The lowest BCUT2D eigenvalue weighted by Gasteiger charge is -2.17. The zero-order valence-corrected chi connectivity index (χ0v) is 8.89. The van der Waals surface area contributed by atoms with Gasteiger partial charge in [-0.25, -0.2) is 8.78 Å². The molecule has 0 radical (unpaired) electrons. The Morgan fingerprint density at radius 3 is 2.67 bits per heavy atom. The van der Waals surface area contributed by atoms with Crippen LogP contribution in [0.15, 0.2) is 18.2 Å². The third-order valence-electron chi connectivity index (χ3n) is 2.07. The second kappa shape index (κ2) is 5.78. The number of likely N-dealkylation sites (N-methyl/N-ethyl adjacent to an activating group) is 1. The molecule has 0 aromatic heterocycles. The van der Waals surface area contributed by atoms with Gasteiger partial charge in [0.2, 0.25) is 0 Å². The first-order valence-electron chi connectivity index (χ1n) is 4.90. The van der Waals surface area contributed by atoms with Crippen molar-refractivity contribution < 1.29 is 13.5 Å². The predicted molar refractivity (Wildman–Crippen MR) is 54.7 cm³/mol. The normalized spacial score (nSPS) is 12.8. The molecule has 4 heteroatoms. The molecule has 0 amide bonds. The fraction of sp³-hybridized carbons (Fsp3) is 0.455. The van der Waals surface area contributed by atoms with Gasteiger partial charge in [0.05, 0.1) is 6.10 Å². The lowest BCUT2D eigenvalue weighted by atomic mass is 10.1. The number of rotatable bonds is 5. The van der Waals surface area contributed by atoms with E-state index in [4.69, 9.17) is 4.74 Å². The van der Waals surface area contributed by atoms with Gasteiger partial charge in [-0.05, 0) is 20.0 Å². The van der Waals surface area contributed by atoms with E-state index in [1.165, 1.54) is 12.1 Å². The summed E-state index contributed by atoms with van der Waals surface area (Å²) in [4.78, 5) is 0. The van der Waals surface area contributed by atoms with Gasteiger partial charge >= 0.3 is 0 Å². The van der Waals surface area contributed by atoms with E-state index in [9.17, 15) is 8.78 Å². The molecule has 84 valence electrons. The summed E-state index contributed by atoms with van der Waals surface area (Å²) in [5, 5.41) is 2.91. The highest BCUT2D eigenvalue weighted by Gasteiger charge is 2.15. The largest absolute Gasteiger partial charge is 0.372 e. The molecule has 0 unspecified atom stereocenters. The fourth-order valence-corrected chi connectivity index (χ4v) is 1.41. The van der Waals surface area contributed by atoms with Crippen LogP contribution in [0.5, 0.6) is 0 Å². The van der Waals surface area contributed by atoms with Gasteiger partial charge < -0.3 is 10.1 Å². The number of ether oxygens (including phenoxy) is 1. The highest BCUT2D eigenvalue weighted by Crippen LogP contribution is 2.20. The standard InChI is InChI=1S/C11H15F2NO/c1-3-15-11(7-14-2)9-5-4-8(12)6-10(9)13/h4-6,11,14H,3,7H2,1-2H3/t11-/m0/s1. The average molecular weight is 215 g/mol. The summed E-state index contributed by atoms with van der Waals surface area (Å²) < 4.78 is 31.4. The van der Waals surface area contributed by atoms with Crippen LogP contribution < -0.4 is 5.32 Å². The quantitative estimate of drug-likeness (QED) is 0.813. The number of hydrogen-bond donors (Lipinski definition) is 1. The first kappa shape index (κ1) is 12.1. The summed E-state index contributed by atoms with van der Waals surface area (Å²) in [6, 6.07) is 3.53. The molecule has 1 aromatic carbocycles. The maximum atomic E-state index is 13.4. The summed E-state index contributed by atoms with van der Waals surface area (Å²) in [6.45, 7) is 2.82. The molecule has 0 saturated carbocycles. The number of hydrogen-bond acceptors (Lipinski definition) is 2. The van der Waals surface area contributed by atoms with Crippen LogP contribution in [0.3, 0.4) is 0 Å². The van der Waals surface area contributed by atoms with Crippen LogP contribution in [0.25, 0.3) is 0 Å². The Bertz CT molecular complexity index is 311. The lowest BCUT2D eigenvalue weighted by Crippen LogP contribution is -2.20. The minimum Gasteiger partial charge on any atom is -0.372 e. The number of nitrogens with one attached hydrogen (secondary N) is 1. The molecular weight excluding hydrogens is 200 g/mol. The first-order chi connectivity index (χ1) is 7.19. The Morgan fingerprint density at radius 1 is 1.40 bits per heavy atom. The zero-order chi connectivity index (χ0) is 11.3. The topological polar surface area (TPSA) is 21.3 Å². The molecule has 1 rings (SSSR count). The third-order valence-corrected chi connectivity index (χ3v) is 2.07. The Morgan fingerprint density at radius 2 is 2.13 bits per heavy atom. The molecule has 0 aliphatic rings. The molecule has 0 aliphatic carbocycles. The minimum atomic E-state index is -0.573. The first-order valence-corrected chi connectivity index (χ1v) is 4.90. The van der Waals surface area contributed by atoms with Crippen LogP contribution >= 0.6 is 0 Å². The summed E-state index contributed by atoms with van der Waals surface area (Å²) >= 11 is 0. The van der Waals surface area contributed by atoms with E-state index in [0.29, 0.717) is 18.7 Å². The van der Waals surface area contributed by atoms with Crippen molar-refractivity contribution in [3.8, 4) is 0 Å². The van der Waals surface area contributed by atoms with E-state index in [2.05, 4.69) is 5.32 Å². The molecule has 1 N–H and O–H groups in total. The van der Waals surface area contributed by atoms with Crippen LogP contribution in [0.1, 0.15) is 18.6 Å². The van der Waals surface area contributed by atoms with Crippen molar-refractivity contribution in [2.24, 2.45) is 0 Å². The van der Waals surface area contributed by atoms with Gasteiger partial charge in [-0.1, -0.05) is 6.07 Å². The maximum absolute atomic E-state index is 13.4. The third kappa shape index (κ3) is 3.25. The van der Waals surface area contributed by atoms with Crippen LogP contribution in [-0.2, 0) is 4.74 Å². The Kier molecular flexibility index (Phi) is 4.65. The second-order valence-electron chi connectivity index (χ2n) is 3.17. The average Bonchev–Trinajstić information content (AvgIpc) is 2.17. The predicted octanol–water partition coefficient (Wildman–Crippen LogP) is 2.26. The van der Waals surface area contributed by atoms with Crippen molar-refractivity contribution >= 4 is 0 Å². The SMILES string of the molecule is CCO[C@@H](CNC)c1ccc(F)cc1F. The highest BCUT2D eigenvalue weighted by molar-refractivity contribution is 5.21. The minimum absolute atomic E-state index is 0.374. The van der Waals surface area contributed by atoms with Crippen LogP contribution in [-0.4, -0.2) is 20.2 Å². The molecule has 15 heavy (non-hydrogen) atoms. The van der Waals surface area contributed by atoms with E-state index in [-0.39, 0.29) is 6.10 Å². The second-order valence-corrected chi connectivity index (χ2v) is 3.17. The van der Waals surface area contributed by atoms with Crippen molar-refractivity contribution in [2.45, 2.75) is 13.0 Å². The molecule has 1 atom stereocenters. The highest BCUT2D eigenvalue weighted by atomic mass is 19.1. The number of halogens is 2. The summed E-state index contributed by atoms with van der Waals surface area (Å²) in [5.74, 6) is -1.14. The summed E-state index contributed by atoms with van der Waals surface area (Å²) in [5.41, 5.74) is 0.382. The van der Waals surface area contributed by atoms with Crippen molar-refractivity contribution in [3.05, 3.63) is 35.4 Å². The van der Waals surface area contributed by atoms with E-state index in [1.54, 1.807) is 7.05 Å². The number of benzene rings is 1. The Hall–Kier alpha value is -1.00. The Balaban J connectivity index is 2.89. The van der Waals surface area contributed by atoms with Crippen molar-refractivity contribution in [1.29, 1.82) is 0 Å². The molecule has 0 saturated heterocycles. The molecule has 0 aliphatic heterocycles. The van der Waals surface area contributed by atoms with Gasteiger partial charge in [0.25, 0.3) is 0 Å². The van der Waals surface area contributed by atoms with Crippen molar-refractivity contribution in [2.75, 3.05) is 20.2 Å². The fourth-order valence-electron chi connectivity index (χ4n) is 1.41. The monoisotopic (exact) mass is 215 g/mol. The van der Waals surface area contributed by atoms with Crippen molar-refractivity contribution in [1.82, 2.24) is 5.32 Å². The van der Waals surface area contributed by atoms with Gasteiger partial charge in [-0.3, -0.25) is 0 Å². The van der Waals surface area contributed by atoms with E-state index in [1.807, 2.05) is 6.92 Å². The summed E-state index contributed by atoms with van der Waals surface area (Å²) in [7, 11) is 1.76.